The molecule has 0 aromatic heterocycles. The maximum absolute atomic E-state index is 13.2. The van der Waals surface area contributed by atoms with Crippen molar-refractivity contribution in [2.24, 2.45) is 5.92 Å². The Hall–Kier alpha value is -1.53. The van der Waals surface area contributed by atoms with Crippen molar-refractivity contribution >= 4 is 5.91 Å². The molecular weight excluding hydrogens is 280 g/mol. The minimum atomic E-state index is -1.12. The van der Waals surface area contributed by atoms with Gasteiger partial charge in [-0.25, -0.2) is 8.78 Å². The van der Waals surface area contributed by atoms with Gasteiger partial charge in [-0.15, -0.1) is 0 Å². The summed E-state index contributed by atoms with van der Waals surface area (Å²) in [6.07, 6.45) is -0.830. The van der Waals surface area contributed by atoms with Gasteiger partial charge >= 0.3 is 0 Å². The van der Waals surface area contributed by atoms with Crippen LogP contribution >= 0.6 is 0 Å². The first-order chi connectivity index (χ1) is 9.90. The highest BCUT2D eigenvalue weighted by Crippen LogP contribution is 2.22. The molecule has 1 fully saturated rings. The molecule has 1 aromatic carbocycles. The molecule has 0 radical (unpaired) electrons. The number of rotatable bonds is 4. The van der Waals surface area contributed by atoms with E-state index in [-0.39, 0.29) is 17.4 Å². The summed E-state index contributed by atoms with van der Waals surface area (Å²) in [5.74, 6) is -2.18. The molecule has 1 aliphatic heterocycles. The molecule has 0 aliphatic carbocycles. The van der Waals surface area contributed by atoms with Crippen molar-refractivity contribution in [1.29, 1.82) is 0 Å². The van der Waals surface area contributed by atoms with Crippen molar-refractivity contribution in [3.05, 3.63) is 35.4 Å². The molecule has 2 N–H and O–H groups in total. The van der Waals surface area contributed by atoms with E-state index in [1.807, 2.05) is 6.92 Å². The minimum Gasteiger partial charge on any atom is -0.386 e. The molecule has 1 heterocycles. The fourth-order valence-electron chi connectivity index (χ4n) is 2.40. The van der Waals surface area contributed by atoms with Crippen LogP contribution in [-0.2, 0) is 9.53 Å². The summed E-state index contributed by atoms with van der Waals surface area (Å²) < 4.78 is 31.4. The summed E-state index contributed by atoms with van der Waals surface area (Å²) in [7, 11) is 0. The van der Waals surface area contributed by atoms with Crippen molar-refractivity contribution < 1.29 is 23.4 Å². The lowest BCUT2D eigenvalue weighted by molar-refractivity contribution is -0.133. The maximum atomic E-state index is 13.2. The first-order valence-electron chi connectivity index (χ1n) is 6.95. The second-order valence-electron chi connectivity index (χ2n) is 5.47. The molecule has 4 nitrogen and oxygen atoms in total. The fraction of sp³-hybridized carbons (Fsp3) is 0.533. The smallest absolute Gasteiger partial charge is 0.249 e. The molecule has 4 atom stereocenters. The largest absolute Gasteiger partial charge is 0.386 e. The number of benzene rings is 1. The zero-order valence-electron chi connectivity index (χ0n) is 12.0. The van der Waals surface area contributed by atoms with Crippen LogP contribution in [0.25, 0.3) is 0 Å². The van der Waals surface area contributed by atoms with E-state index < -0.39 is 29.9 Å². The normalized spacial score (nSPS) is 24.6. The van der Waals surface area contributed by atoms with Crippen LogP contribution in [0.4, 0.5) is 8.78 Å². The Labute approximate surface area is 122 Å². The van der Waals surface area contributed by atoms with Crippen molar-refractivity contribution in [1.82, 2.24) is 5.32 Å². The van der Waals surface area contributed by atoms with E-state index in [1.54, 1.807) is 6.92 Å². The van der Waals surface area contributed by atoms with Crippen LogP contribution in [0.2, 0.25) is 0 Å². The monoisotopic (exact) mass is 299 g/mol. The summed E-state index contributed by atoms with van der Waals surface area (Å²) in [6, 6.07) is 2.53. The quantitative estimate of drug-likeness (QED) is 0.893. The van der Waals surface area contributed by atoms with Crippen LogP contribution in [0.3, 0.4) is 0 Å². The summed E-state index contributed by atoms with van der Waals surface area (Å²) >= 11 is 0. The highest BCUT2D eigenvalue weighted by Gasteiger charge is 2.32. The maximum Gasteiger partial charge on any atom is 0.249 e. The number of halogens is 2. The van der Waals surface area contributed by atoms with E-state index in [4.69, 9.17) is 4.74 Å². The molecule has 0 saturated carbocycles. The Morgan fingerprint density at radius 3 is 2.71 bits per heavy atom. The van der Waals surface area contributed by atoms with Gasteiger partial charge in [-0.2, -0.15) is 0 Å². The van der Waals surface area contributed by atoms with E-state index in [0.29, 0.717) is 6.61 Å². The molecule has 21 heavy (non-hydrogen) atoms. The highest BCUT2D eigenvalue weighted by atomic mass is 19.2. The molecule has 1 aromatic rings. The predicted molar refractivity (Wildman–Crippen MR) is 72.4 cm³/mol. The van der Waals surface area contributed by atoms with Crippen molar-refractivity contribution in [2.45, 2.75) is 38.5 Å². The third-order valence-electron chi connectivity index (χ3n) is 3.77. The number of carbonyl (C=O) groups is 1. The van der Waals surface area contributed by atoms with Gasteiger partial charge in [0.1, 0.15) is 6.10 Å². The molecular formula is C15H19F2NO3. The van der Waals surface area contributed by atoms with Crippen LogP contribution in [0.5, 0.6) is 0 Å². The van der Waals surface area contributed by atoms with Gasteiger partial charge < -0.3 is 15.2 Å². The molecule has 1 saturated heterocycles. The van der Waals surface area contributed by atoms with Crippen LogP contribution in [-0.4, -0.2) is 29.8 Å². The predicted octanol–water partition coefficient (Wildman–Crippen LogP) is 1.93. The highest BCUT2D eigenvalue weighted by molar-refractivity contribution is 5.81. The Kier molecular flexibility index (Phi) is 4.90. The van der Waals surface area contributed by atoms with Crippen LogP contribution in [0, 0.1) is 17.6 Å². The lowest BCUT2D eigenvalue weighted by Gasteiger charge is -2.23. The Bertz CT molecular complexity index is 524. The number of hydrogen-bond donors (Lipinski definition) is 2. The standard InChI is InChI=1S/C15H19F2NO3/c1-8-5-6-21-14(8)15(20)18-9(2)13(19)10-3-4-11(16)12(17)7-10/h3-4,7-9,13-14,19H,5-6H2,1-2H3,(H,18,20). The number of aliphatic hydroxyl groups excluding tert-OH is 1. The third-order valence-corrected chi connectivity index (χ3v) is 3.77. The zero-order chi connectivity index (χ0) is 15.6. The number of aliphatic hydroxyl groups is 1. The van der Waals surface area contributed by atoms with E-state index in [2.05, 4.69) is 5.32 Å². The number of amides is 1. The first-order valence-corrected chi connectivity index (χ1v) is 6.95. The van der Waals surface area contributed by atoms with Gasteiger partial charge in [0.2, 0.25) is 5.91 Å². The topological polar surface area (TPSA) is 58.6 Å². The van der Waals surface area contributed by atoms with Crippen LogP contribution in [0.1, 0.15) is 31.9 Å². The molecule has 2 rings (SSSR count). The lowest BCUT2D eigenvalue weighted by atomic mass is 10.0. The number of hydrogen-bond acceptors (Lipinski definition) is 3. The molecule has 4 unspecified atom stereocenters. The average molecular weight is 299 g/mol. The first kappa shape index (κ1) is 15.9. The van der Waals surface area contributed by atoms with Crippen molar-refractivity contribution in [3.8, 4) is 0 Å². The van der Waals surface area contributed by atoms with Crippen molar-refractivity contribution in [3.63, 3.8) is 0 Å². The number of ether oxygens (including phenoxy) is 1. The van der Waals surface area contributed by atoms with Gasteiger partial charge in [0, 0.05) is 6.61 Å². The van der Waals surface area contributed by atoms with Gasteiger partial charge in [0.15, 0.2) is 11.6 Å². The molecule has 0 bridgehead atoms. The van der Waals surface area contributed by atoms with Gasteiger partial charge in [-0.05, 0) is 37.0 Å². The zero-order valence-corrected chi connectivity index (χ0v) is 12.0. The van der Waals surface area contributed by atoms with Crippen LogP contribution in [0.15, 0.2) is 18.2 Å². The van der Waals surface area contributed by atoms with Crippen molar-refractivity contribution in [2.75, 3.05) is 6.61 Å². The van der Waals surface area contributed by atoms with Gasteiger partial charge in [-0.3, -0.25) is 4.79 Å². The minimum absolute atomic E-state index is 0.123. The summed E-state index contributed by atoms with van der Waals surface area (Å²) in [4.78, 5) is 12.0. The van der Waals surface area contributed by atoms with Crippen LogP contribution < -0.4 is 5.32 Å². The second-order valence-corrected chi connectivity index (χ2v) is 5.47. The molecule has 1 amide bonds. The summed E-state index contributed by atoms with van der Waals surface area (Å²) in [5, 5.41) is 12.8. The van der Waals surface area contributed by atoms with E-state index >= 15 is 0 Å². The number of nitrogens with one attached hydrogen (secondary N) is 1. The second kappa shape index (κ2) is 6.49. The Morgan fingerprint density at radius 2 is 2.14 bits per heavy atom. The molecule has 116 valence electrons. The summed E-state index contributed by atoms with van der Waals surface area (Å²) in [6.45, 7) is 4.07. The lowest BCUT2D eigenvalue weighted by Crippen LogP contribution is -2.44. The molecule has 1 aliphatic rings. The number of carbonyl (C=O) groups excluding carboxylic acids is 1. The van der Waals surface area contributed by atoms with E-state index in [9.17, 15) is 18.7 Å². The van der Waals surface area contributed by atoms with E-state index in [0.717, 1.165) is 18.6 Å². The average Bonchev–Trinajstić information content (AvgIpc) is 2.87. The van der Waals surface area contributed by atoms with E-state index in [1.165, 1.54) is 6.07 Å². The van der Waals surface area contributed by atoms with Gasteiger partial charge in [-0.1, -0.05) is 13.0 Å². The molecule has 6 heteroatoms. The van der Waals surface area contributed by atoms with Gasteiger partial charge in [0.25, 0.3) is 0 Å². The fourth-order valence-corrected chi connectivity index (χ4v) is 2.40. The Balaban J connectivity index is 2.00. The van der Waals surface area contributed by atoms with Gasteiger partial charge in [0.05, 0.1) is 12.1 Å². The molecule has 0 spiro atoms. The summed E-state index contributed by atoms with van der Waals surface area (Å²) in [5.41, 5.74) is 0.210. The Morgan fingerprint density at radius 1 is 1.43 bits per heavy atom. The third kappa shape index (κ3) is 3.57. The SMILES string of the molecule is CC1CCOC1C(=O)NC(C)C(O)c1ccc(F)c(F)c1.